The number of anilines is 2. The Morgan fingerprint density at radius 1 is 1.22 bits per heavy atom. The van der Waals surface area contributed by atoms with E-state index >= 15 is 0 Å². The summed E-state index contributed by atoms with van der Waals surface area (Å²) in [5.74, 6) is 0.492. The normalized spacial score (nSPS) is 15.4. The molecular weight excluding hydrogens is 528 g/mol. The third-order valence-electron chi connectivity index (χ3n) is 6.61. The number of likely N-dealkylation sites (tertiary alicyclic amines) is 1. The number of ether oxygens (including phenoxy) is 2. The predicted molar refractivity (Wildman–Crippen MR) is 152 cm³/mol. The summed E-state index contributed by atoms with van der Waals surface area (Å²) >= 11 is 0. The van der Waals surface area contributed by atoms with Crippen LogP contribution in [0.2, 0.25) is 0 Å². The first-order valence-corrected chi connectivity index (χ1v) is 13.4. The van der Waals surface area contributed by atoms with E-state index in [1.165, 1.54) is 14.5 Å². The number of carbonyl (C=O) groups excluding carboxylic acids is 1. The van der Waals surface area contributed by atoms with E-state index in [0.717, 1.165) is 6.42 Å². The molecule has 41 heavy (non-hydrogen) atoms. The summed E-state index contributed by atoms with van der Waals surface area (Å²) in [6.07, 6.45) is 2.00. The molecule has 0 unspecified atom stereocenters. The largest absolute Gasteiger partial charge is 0.491 e. The predicted octanol–water partition coefficient (Wildman–Crippen LogP) is 4.47. The number of aromatic nitrogens is 2. The fourth-order valence-corrected chi connectivity index (χ4v) is 4.76. The maximum absolute atomic E-state index is 14.0. The van der Waals surface area contributed by atoms with Crippen LogP contribution in [0.3, 0.4) is 0 Å². The molecule has 0 aliphatic carbocycles. The molecule has 1 aromatic carbocycles. The fraction of sp³-hybridized carbons (Fsp3) is 0.448. The standard InChI is InChI=1S/C29H36N6O6/c1-19-25(32-21-7-6-14-33(18-21)28(37)38)23(17-30)24-12-13-31-34(24)26(19)35(41-29(2,3)4)27(36)20-8-10-22(11-9-20)40-16-15-39-5/h8-13,21,32H,6-7,14-16,18H2,1-5H3,(H,37,38)/t21-/m1/s1. The number of hydrogen-bond acceptors (Lipinski definition) is 8. The number of benzene rings is 1. The number of amides is 2. The summed E-state index contributed by atoms with van der Waals surface area (Å²) < 4.78 is 12.2. The van der Waals surface area contributed by atoms with E-state index in [1.54, 1.807) is 50.6 Å². The van der Waals surface area contributed by atoms with Crippen molar-refractivity contribution in [2.24, 2.45) is 0 Å². The molecule has 1 saturated heterocycles. The molecular formula is C29H36N6O6. The maximum atomic E-state index is 14.0. The highest BCUT2D eigenvalue weighted by Crippen LogP contribution is 2.36. The number of methoxy groups -OCH3 is 1. The molecule has 0 spiro atoms. The van der Waals surface area contributed by atoms with Gasteiger partial charge in [-0.1, -0.05) is 0 Å². The molecule has 12 nitrogen and oxygen atoms in total. The zero-order valence-corrected chi connectivity index (χ0v) is 24.0. The van der Waals surface area contributed by atoms with Crippen LogP contribution < -0.4 is 15.1 Å². The second kappa shape index (κ2) is 12.4. The van der Waals surface area contributed by atoms with Crippen LogP contribution in [0.5, 0.6) is 5.75 Å². The minimum absolute atomic E-state index is 0.220. The first kappa shape index (κ1) is 29.6. The topological polar surface area (TPSA) is 142 Å². The number of rotatable bonds is 9. The Labute approximate surface area is 239 Å². The molecule has 4 rings (SSSR count). The highest BCUT2D eigenvalue weighted by atomic mass is 16.7. The molecule has 3 heterocycles. The summed E-state index contributed by atoms with van der Waals surface area (Å²) in [6, 6.07) is 10.5. The number of hydrogen-bond donors (Lipinski definition) is 2. The zero-order chi connectivity index (χ0) is 29.7. The smallest absolute Gasteiger partial charge is 0.407 e. The highest BCUT2D eigenvalue weighted by Gasteiger charge is 2.32. The minimum Gasteiger partial charge on any atom is -0.491 e. The van der Waals surface area contributed by atoms with E-state index in [2.05, 4.69) is 16.5 Å². The van der Waals surface area contributed by atoms with Gasteiger partial charge in [0.1, 0.15) is 24.0 Å². The molecule has 0 bridgehead atoms. The van der Waals surface area contributed by atoms with Gasteiger partial charge >= 0.3 is 6.09 Å². The van der Waals surface area contributed by atoms with E-state index in [-0.39, 0.29) is 12.6 Å². The lowest BCUT2D eigenvalue weighted by atomic mass is 10.0. The summed E-state index contributed by atoms with van der Waals surface area (Å²) in [6.45, 7) is 8.85. The van der Waals surface area contributed by atoms with Crippen molar-refractivity contribution < 1.29 is 29.0 Å². The Balaban J connectivity index is 1.78. The second-order valence-corrected chi connectivity index (χ2v) is 10.8. The van der Waals surface area contributed by atoms with E-state index in [4.69, 9.17) is 14.3 Å². The molecule has 0 saturated carbocycles. The third kappa shape index (κ3) is 6.70. The number of hydroxylamine groups is 1. The van der Waals surface area contributed by atoms with Crippen molar-refractivity contribution in [3.63, 3.8) is 0 Å². The van der Waals surface area contributed by atoms with E-state index in [1.807, 2.05) is 20.8 Å². The zero-order valence-electron chi connectivity index (χ0n) is 24.0. The molecule has 3 aromatic rings. The average Bonchev–Trinajstić information content (AvgIpc) is 3.41. The van der Waals surface area contributed by atoms with Crippen LogP contribution in [0, 0.1) is 18.3 Å². The Morgan fingerprint density at radius 3 is 2.59 bits per heavy atom. The Kier molecular flexibility index (Phi) is 9.00. The maximum Gasteiger partial charge on any atom is 0.407 e. The molecule has 1 fully saturated rings. The summed E-state index contributed by atoms with van der Waals surface area (Å²) in [5, 5.41) is 28.8. The van der Waals surface area contributed by atoms with Gasteiger partial charge < -0.3 is 24.8 Å². The molecule has 1 aliphatic rings. The van der Waals surface area contributed by atoms with Crippen LogP contribution in [0.25, 0.3) is 5.52 Å². The average molecular weight is 565 g/mol. The summed E-state index contributed by atoms with van der Waals surface area (Å²) in [5.41, 5.74) is 1.48. The van der Waals surface area contributed by atoms with Gasteiger partial charge in [0.15, 0.2) is 5.82 Å². The molecule has 2 N–H and O–H groups in total. The van der Waals surface area contributed by atoms with E-state index in [9.17, 15) is 20.0 Å². The monoisotopic (exact) mass is 564 g/mol. The number of piperidine rings is 1. The van der Waals surface area contributed by atoms with Crippen LogP contribution in [0.4, 0.5) is 16.3 Å². The third-order valence-corrected chi connectivity index (χ3v) is 6.61. The van der Waals surface area contributed by atoms with Gasteiger partial charge in [0.05, 0.1) is 29.6 Å². The number of nitrogens with zero attached hydrogens (tertiary/aromatic N) is 5. The molecule has 2 aromatic heterocycles. The number of fused-ring (bicyclic) bond motifs is 1. The van der Waals surface area contributed by atoms with Crippen LogP contribution in [-0.4, -0.2) is 76.7 Å². The van der Waals surface area contributed by atoms with Crippen molar-refractivity contribution >= 4 is 29.0 Å². The Bertz CT molecular complexity index is 1440. The second-order valence-electron chi connectivity index (χ2n) is 10.8. The number of carboxylic acid groups (broad SMARTS) is 1. The molecule has 218 valence electrons. The van der Waals surface area contributed by atoms with Crippen LogP contribution in [-0.2, 0) is 9.57 Å². The van der Waals surface area contributed by atoms with Gasteiger partial charge in [-0.15, -0.1) is 0 Å². The van der Waals surface area contributed by atoms with Crippen molar-refractivity contribution in [3.8, 4) is 11.8 Å². The van der Waals surface area contributed by atoms with Gasteiger partial charge in [0.2, 0.25) is 0 Å². The lowest BCUT2D eigenvalue weighted by Gasteiger charge is -2.34. The lowest BCUT2D eigenvalue weighted by Crippen LogP contribution is -2.45. The van der Waals surface area contributed by atoms with Crippen LogP contribution in [0.15, 0.2) is 36.5 Å². The van der Waals surface area contributed by atoms with Gasteiger partial charge in [-0.3, -0.25) is 9.63 Å². The summed E-state index contributed by atoms with van der Waals surface area (Å²) in [7, 11) is 1.59. The SMILES string of the molecule is COCCOc1ccc(C(=O)N(OC(C)(C)C)c2c(C)c(N[C@@H]3CCCN(C(=O)O)C3)c(C#N)c3ccnn23)cc1. The van der Waals surface area contributed by atoms with Crippen molar-refractivity contribution in [3.05, 3.63) is 53.2 Å². The quantitative estimate of drug-likeness (QED) is 0.284. The van der Waals surface area contributed by atoms with Crippen molar-refractivity contribution in [1.82, 2.24) is 14.5 Å². The first-order valence-electron chi connectivity index (χ1n) is 13.4. The number of carbonyl (C=O) groups is 2. The molecule has 0 radical (unpaired) electrons. The number of pyridine rings is 1. The molecule has 2 amide bonds. The first-order chi connectivity index (χ1) is 19.5. The molecule has 12 heteroatoms. The van der Waals surface area contributed by atoms with E-state index in [0.29, 0.717) is 65.6 Å². The molecule has 1 aliphatic heterocycles. The number of nitriles is 1. The summed E-state index contributed by atoms with van der Waals surface area (Å²) in [4.78, 5) is 33.3. The highest BCUT2D eigenvalue weighted by molar-refractivity contribution is 6.05. The van der Waals surface area contributed by atoms with Gasteiger partial charge in [0, 0.05) is 37.4 Å². The van der Waals surface area contributed by atoms with Gasteiger partial charge in [-0.2, -0.15) is 15.4 Å². The van der Waals surface area contributed by atoms with Gasteiger partial charge in [-0.25, -0.2) is 9.31 Å². The van der Waals surface area contributed by atoms with Crippen LogP contribution in [0.1, 0.15) is 55.1 Å². The van der Waals surface area contributed by atoms with Gasteiger partial charge in [-0.05, 0) is 70.9 Å². The van der Waals surface area contributed by atoms with Crippen molar-refractivity contribution in [2.75, 3.05) is 43.8 Å². The number of nitrogens with one attached hydrogen (secondary N) is 1. The van der Waals surface area contributed by atoms with Crippen molar-refractivity contribution in [1.29, 1.82) is 5.26 Å². The van der Waals surface area contributed by atoms with Crippen LogP contribution >= 0.6 is 0 Å². The Hall–Kier alpha value is -4.34. The van der Waals surface area contributed by atoms with E-state index < -0.39 is 17.6 Å². The lowest BCUT2D eigenvalue weighted by molar-refractivity contribution is -0.0172. The van der Waals surface area contributed by atoms with Crippen molar-refractivity contribution in [2.45, 2.75) is 52.2 Å². The minimum atomic E-state index is -0.980. The Morgan fingerprint density at radius 2 is 1.95 bits per heavy atom. The molecule has 1 atom stereocenters. The van der Waals surface area contributed by atoms with Gasteiger partial charge in [0.25, 0.3) is 5.91 Å². The fourth-order valence-electron chi connectivity index (χ4n) is 4.76.